The summed E-state index contributed by atoms with van der Waals surface area (Å²) in [4.78, 5) is 0. The lowest BCUT2D eigenvalue weighted by molar-refractivity contribution is -0.137. The third kappa shape index (κ3) is 4.75. The van der Waals surface area contributed by atoms with E-state index in [2.05, 4.69) is 6.92 Å². The Hall–Kier alpha value is -1.72. The van der Waals surface area contributed by atoms with Gasteiger partial charge < -0.3 is 10.5 Å². The molecule has 3 nitrogen and oxygen atoms in total. The third-order valence-corrected chi connectivity index (χ3v) is 2.85. The quantitative estimate of drug-likeness (QED) is 0.453. The molecule has 0 aliphatic carbocycles. The van der Waals surface area contributed by atoms with E-state index in [1.54, 1.807) is 0 Å². The zero-order valence-corrected chi connectivity index (χ0v) is 11.4. The number of halogens is 3. The van der Waals surface area contributed by atoms with Gasteiger partial charge in [-0.3, -0.25) is 5.41 Å². The summed E-state index contributed by atoms with van der Waals surface area (Å²) in [5.74, 6) is -0.312. The Labute approximate surface area is 116 Å². The SMILES string of the molecule is CCCCCCOc1ccc(C(F)(F)F)c(C(=N)N)c1. The largest absolute Gasteiger partial charge is 0.494 e. The van der Waals surface area contributed by atoms with Crippen molar-refractivity contribution in [3.8, 4) is 5.75 Å². The van der Waals surface area contributed by atoms with Gasteiger partial charge in [0.15, 0.2) is 0 Å². The number of hydrogen-bond acceptors (Lipinski definition) is 2. The normalized spacial score (nSPS) is 11.4. The van der Waals surface area contributed by atoms with E-state index in [9.17, 15) is 13.2 Å². The van der Waals surface area contributed by atoms with Crippen molar-refractivity contribution in [3.05, 3.63) is 29.3 Å². The van der Waals surface area contributed by atoms with Crippen LogP contribution in [0.25, 0.3) is 0 Å². The lowest BCUT2D eigenvalue weighted by atomic mass is 10.1. The van der Waals surface area contributed by atoms with Crippen molar-refractivity contribution in [3.63, 3.8) is 0 Å². The number of rotatable bonds is 7. The Balaban J connectivity index is 2.76. The fraction of sp³-hybridized carbons (Fsp3) is 0.500. The lowest BCUT2D eigenvalue weighted by Gasteiger charge is -2.14. The Morgan fingerprint density at radius 3 is 2.50 bits per heavy atom. The summed E-state index contributed by atoms with van der Waals surface area (Å²) >= 11 is 0. The molecule has 0 aromatic heterocycles. The molecule has 0 aliphatic rings. The van der Waals surface area contributed by atoms with Crippen molar-refractivity contribution in [1.29, 1.82) is 5.41 Å². The van der Waals surface area contributed by atoms with Gasteiger partial charge in [0.25, 0.3) is 0 Å². The molecule has 6 heteroatoms. The van der Waals surface area contributed by atoms with Crippen molar-refractivity contribution >= 4 is 5.84 Å². The molecule has 3 N–H and O–H groups in total. The molecule has 0 radical (unpaired) electrons. The average Bonchev–Trinajstić information content (AvgIpc) is 2.37. The molecule has 0 heterocycles. The molecule has 1 aromatic carbocycles. The van der Waals surface area contributed by atoms with Gasteiger partial charge in [0, 0.05) is 5.56 Å². The standard InChI is InChI=1S/C14H19F3N2O/c1-2-3-4-5-8-20-10-6-7-12(14(15,16)17)11(9-10)13(18)19/h6-7,9H,2-5,8H2,1H3,(H3,18,19). The van der Waals surface area contributed by atoms with Gasteiger partial charge in [-0.05, 0) is 24.6 Å². The van der Waals surface area contributed by atoms with Gasteiger partial charge in [-0.1, -0.05) is 26.2 Å². The van der Waals surface area contributed by atoms with Crippen molar-refractivity contribution in [2.24, 2.45) is 5.73 Å². The molecular weight excluding hydrogens is 269 g/mol. The summed E-state index contributed by atoms with van der Waals surface area (Å²) in [7, 11) is 0. The highest BCUT2D eigenvalue weighted by Gasteiger charge is 2.34. The number of nitrogens with one attached hydrogen (secondary N) is 1. The van der Waals surface area contributed by atoms with E-state index in [-0.39, 0.29) is 5.56 Å². The summed E-state index contributed by atoms with van der Waals surface area (Å²) in [5.41, 5.74) is 3.94. The minimum absolute atomic E-state index is 0.305. The maximum absolute atomic E-state index is 12.7. The average molecular weight is 288 g/mol. The summed E-state index contributed by atoms with van der Waals surface area (Å²) in [6, 6.07) is 3.33. The number of benzene rings is 1. The number of unbranched alkanes of at least 4 members (excludes halogenated alkanes) is 3. The molecule has 1 rings (SSSR count). The number of amidine groups is 1. The van der Waals surface area contributed by atoms with Crippen LogP contribution in [0.2, 0.25) is 0 Å². The monoisotopic (exact) mass is 288 g/mol. The highest BCUT2D eigenvalue weighted by Crippen LogP contribution is 2.33. The van der Waals surface area contributed by atoms with Gasteiger partial charge >= 0.3 is 6.18 Å². The van der Waals surface area contributed by atoms with Crippen LogP contribution >= 0.6 is 0 Å². The van der Waals surface area contributed by atoms with E-state index in [1.807, 2.05) is 0 Å². The molecule has 1 aromatic rings. The zero-order valence-electron chi connectivity index (χ0n) is 11.4. The van der Waals surface area contributed by atoms with Crippen molar-refractivity contribution in [2.45, 2.75) is 38.8 Å². The van der Waals surface area contributed by atoms with E-state index in [0.717, 1.165) is 31.7 Å². The van der Waals surface area contributed by atoms with Gasteiger partial charge in [-0.2, -0.15) is 13.2 Å². The van der Waals surface area contributed by atoms with Gasteiger partial charge in [0.05, 0.1) is 12.2 Å². The van der Waals surface area contributed by atoms with Crippen LogP contribution in [-0.2, 0) is 6.18 Å². The fourth-order valence-electron chi connectivity index (χ4n) is 1.80. The summed E-state index contributed by atoms with van der Waals surface area (Å²) < 4.78 is 43.6. The van der Waals surface area contributed by atoms with Crippen LogP contribution in [0.5, 0.6) is 5.75 Å². The van der Waals surface area contributed by atoms with E-state index >= 15 is 0 Å². The topological polar surface area (TPSA) is 59.1 Å². The Bertz CT molecular complexity index is 458. The third-order valence-electron chi connectivity index (χ3n) is 2.85. The molecule has 0 atom stereocenters. The van der Waals surface area contributed by atoms with Crippen LogP contribution in [0.3, 0.4) is 0 Å². The highest BCUT2D eigenvalue weighted by molar-refractivity contribution is 5.97. The van der Waals surface area contributed by atoms with Gasteiger partial charge in [-0.15, -0.1) is 0 Å². The highest BCUT2D eigenvalue weighted by atomic mass is 19.4. The van der Waals surface area contributed by atoms with Crippen LogP contribution in [0.15, 0.2) is 18.2 Å². The van der Waals surface area contributed by atoms with E-state index in [1.165, 1.54) is 12.1 Å². The van der Waals surface area contributed by atoms with Crippen LogP contribution in [0.4, 0.5) is 13.2 Å². The summed E-state index contributed by atoms with van der Waals surface area (Å²) in [6.45, 7) is 2.54. The van der Waals surface area contributed by atoms with Crippen molar-refractivity contribution in [1.82, 2.24) is 0 Å². The molecule has 0 saturated carbocycles. The second kappa shape index (κ2) is 7.17. The molecule has 0 amide bonds. The Morgan fingerprint density at radius 2 is 1.95 bits per heavy atom. The molecule has 0 spiro atoms. The first-order valence-corrected chi connectivity index (χ1v) is 6.54. The molecule has 112 valence electrons. The van der Waals surface area contributed by atoms with Gasteiger partial charge in [-0.25, -0.2) is 0 Å². The second-order valence-corrected chi connectivity index (χ2v) is 4.53. The maximum Gasteiger partial charge on any atom is 0.417 e. The lowest BCUT2D eigenvalue weighted by Crippen LogP contribution is -2.19. The van der Waals surface area contributed by atoms with E-state index < -0.39 is 17.6 Å². The van der Waals surface area contributed by atoms with Crippen molar-refractivity contribution < 1.29 is 17.9 Å². The molecular formula is C14H19F3N2O. The minimum atomic E-state index is -4.53. The minimum Gasteiger partial charge on any atom is -0.494 e. The molecule has 0 fully saturated rings. The number of nitrogen functional groups attached to an aromatic ring is 1. The first kappa shape index (κ1) is 16.3. The molecule has 0 bridgehead atoms. The van der Waals surface area contributed by atoms with Crippen LogP contribution in [0.1, 0.15) is 43.7 Å². The van der Waals surface area contributed by atoms with Crippen LogP contribution in [-0.4, -0.2) is 12.4 Å². The number of nitrogens with two attached hydrogens (primary N) is 1. The number of ether oxygens (including phenoxy) is 1. The number of hydrogen-bond donors (Lipinski definition) is 2. The van der Waals surface area contributed by atoms with E-state index in [4.69, 9.17) is 15.9 Å². The van der Waals surface area contributed by atoms with Crippen LogP contribution in [0, 0.1) is 5.41 Å². The zero-order chi connectivity index (χ0) is 15.2. The molecule has 0 unspecified atom stereocenters. The predicted octanol–water partition coefficient (Wildman–Crippen LogP) is 3.95. The van der Waals surface area contributed by atoms with Gasteiger partial charge in [0.2, 0.25) is 0 Å². The Morgan fingerprint density at radius 1 is 1.25 bits per heavy atom. The molecule has 0 aliphatic heterocycles. The smallest absolute Gasteiger partial charge is 0.417 e. The van der Waals surface area contributed by atoms with Crippen molar-refractivity contribution in [2.75, 3.05) is 6.61 Å². The number of alkyl halides is 3. The summed E-state index contributed by atoms with van der Waals surface area (Å²) in [5, 5.41) is 7.24. The second-order valence-electron chi connectivity index (χ2n) is 4.53. The molecule has 0 saturated heterocycles. The first-order valence-electron chi connectivity index (χ1n) is 6.54. The fourth-order valence-corrected chi connectivity index (χ4v) is 1.80. The maximum atomic E-state index is 12.7. The predicted molar refractivity (Wildman–Crippen MR) is 72.1 cm³/mol. The molecule has 20 heavy (non-hydrogen) atoms. The van der Waals surface area contributed by atoms with Crippen LogP contribution < -0.4 is 10.5 Å². The summed E-state index contributed by atoms with van der Waals surface area (Å²) in [6.07, 6.45) is -0.439. The first-order chi connectivity index (χ1) is 9.36. The van der Waals surface area contributed by atoms with E-state index in [0.29, 0.717) is 12.4 Å². The Kier molecular flexibility index (Phi) is 5.85. The van der Waals surface area contributed by atoms with Gasteiger partial charge in [0.1, 0.15) is 11.6 Å².